The molecule has 3 heteroatoms. The number of aryl methyl sites for hydroxylation is 2. The molecule has 0 aliphatic rings. The van der Waals surface area contributed by atoms with Gasteiger partial charge in [-0.15, -0.1) is 0 Å². The fourth-order valence-electron chi connectivity index (χ4n) is 1.98. The Morgan fingerprint density at radius 1 is 1.16 bits per heavy atom. The Hall–Kier alpha value is -2.03. The van der Waals surface area contributed by atoms with Crippen LogP contribution in [0.2, 0.25) is 0 Å². The first-order chi connectivity index (χ1) is 9.19. The first-order valence-corrected chi connectivity index (χ1v) is 6.59. The highest BCUT2D eigenvalue weighted by atomic mass is 16.5. The summed E-state index contributed by atoms with van der Waals surface area (Å²) in [6.07, 6.45) is 0. The van der Waals surface area contributed by atoms with Gasteiger partial charge in [0.1, 0.15) is 5.75 Å². The van der Waals surface area contributed by atoms with Gasteiger partial charge in [0.2, 0.25) is 0 Å². The van der Waals surface area contributed by atoms with Crippen molar-refractivity contribution in [1.82, 2.24) is 4.98 Å². The average molecular weight is 256 g/mol. The van der Waals surface area contributed by atoms with Crippen molar-refractivity contribution in [3.8, 4) is 5.75 Å². The maximum Gasteiger partial charge on any atom is 0.119 e. The fourth-order valence-corrected chi connectivity index (χ4v) is 1.98. The van der Waals surface area contributed by atoms with Crippen LogP contribution in [0.5, 0.6) is 5.75 Å². The third-order valence-electron chi connectivity index (χ3n) is 2.92. The second kappa shape index (κ2) is 6.23. The van der Waals surface area contributed by atoms with Crippen molar-refractivity contribution >= 4 is 5.69 Å². The largest absolute Gasteiger partial charge is 0.494 e. The van der Waals surface area contributed by atoms with Gasteiger partial charge in [-0.2, -0.15) is 0 Å². The van der Waals surface area contributed by atoms with E-state index in [4.69, 9.17) is 4.74 Å². The van der Waals surface area contributed by atoms with Gasteiger partial charge < -0.3 is 10.1 Å². The second-order valence-electron chi connectivity index (χ2n) is 4.52. The van der Waals surface area contributed by atoms with Crippen molar-refractivity contribution in [2.45, 2.75) is 27.3 Å². The van der Waals surface area contributed by atoms with Gasteiger partial charge in [0.25, 0.3) is 0 Å². The number of pyridine rings is 1. The van der Waals surface area contributed by atoms with Gasteiger partial charge in [-0.05, 0) is 50.6 Å². The lowest BCUT2D eigenvalue weighted by atomic mass is 10.2. The molecule has 2 aromatic rings. The minimum absolute atomic E-state index is 0.692. The molecule has 0 radical (unpaired) electrons. The number of anilines is 1. The maximum absolute atomic E-state index is 5.50. The molecule has 0 aliphatic heterocycles. The summed E-state index contributed by atoms with van der Waals surface area (Å²) < 4.78 is 5.50. The van der Waals surface area contributed by atoms with Crippen molar-refractivity contribution in [3.63, 3.8) is 0 Å². The molecule has 1 heterocycles. The lowest BCUT2D eigenvalue weighted by Crippen LogP contribution is -2.03. The Labute approximate surface area is 114 Å². The summed E-state index contributed by atoms with van der Waals surface area (Å²) in [4.78, 5) is 4.45. The van der Waals surface area contributed by atoms with Crippen LogP contribution in [0.15, 0.2) is 36.4 Å². The number of ether oxygens (including phenoxy) is 1. The van der Waals surface area contributed by atoms with Crippen molar-refractivity contribution in [1.29, 1.82) is 0 Å². The van der Waals surface area contributed by atoms with E-state index in [1.807, 2.05) is 39.0 Å². The highest BCUT2D eigenvalue weighted by Crippen LogP contribution is 2.17. The molecule has 0 amide bonds. The molecule has 0 aliphatic carbocycles. The molecule has 0 saturated heterocycles. The summed E-state index contributed by atoms with van der Waals surface area (Å²) >= 11 is 0. The Morgan fingerprint density at radius 2 is 2.00 bits per heavy atom. The first-order valence-electron chi connectivity index (χ1n) is 6.59. The van der Waals surface area contributed by atoms with Crippen molar-refractivity contribution in [2.24, 2.45) is 0 Å². The van der Waals surface area contributed by atoms with Crippen LogP contribution in [-0.2, 0) is 6.54 Å². The molecule has 0 atom stereocenters. The summed E-state index contributed by atoms with van der Waals surface area (Å²) in [5.74, 6) is 0.917. The van der Waals surface area contributed by atoms with Crippen molar-refractivity contribution < 1.29 is 4.74 Å². The molecule has 19 heavy (non-hydrogen) atoms. The predicted octanol–water partition coefficient (Wildman–Crippen LogP) is 3.71. The number of hydrogen-bond donors (Lipinski definition) is 1. The zero-order valence-electron chi connectivity index (χ0n) is 11.7. The number of nitrogens with one attached hydrogen (secondary N) is 1. The first kappa shape index (κ1) is 13.4. The Balaban J connectivity index is 2.03. The standard InChI is InChI=1S/C16H20N2O/c1-4-19-15-7-5-6-14(10-15)11-17-16-9-8-12(2)18-13(16)3/h5-10,17H,4,11H2,1-3H3. The zero-order valence-corrected chi connectivity index (χ0v) is 11.7. The number of rotatable bonds is 5. The van der Waals surface area contributed by atoms with Gasteiger partial charge in [-0.1, -0.05) is 12.1 Å². The van der Waals surface area contributed by atoms with Crippen LogP contribution >= 0.6 is 0 Å². The van der Waals surface area contributed by atoms with Crippen LogP contribution in [0.1, 0.15) is 23.9 Å². The normalized spacial score (nSPS) is 10.3. The Morgan fingerprint density at radius 3 is 2.74 bits per heavy atom. The van der Waals surface area contributed by atoms with E-state index in [1.165, 1.54) is 5.56 Å². The van der Waals surface area contributed by atoms with E-state index >= 15 is 0 Å². The molecule has 0 spiro atoms. The summed E-state index contributed by atoms with van der Waals surface area (Å²) in [5.41, 5.74) is 4.35. The number of aromatic nitrogens is 1. The molecule has 0 saturated carbocycles. The monoisotopic (exact) mass is 256 g/mol. The molecule has 0 fully saturated rings. The molecule has 100 valence electrons. The minimum Gasteiger partial charge on any atom is -0.494 e. The predicted molar refractivity (Wildman–Crippen MR) is 78.6 cm³/mol. The summed E-state index contributed by atoms with van der Waals surface area (Å²) in [7, 11) is 0. The summed E-state index contributed by atoms with van der Waals surface area (Å²) in [6.45, 7) is 7.48. The number of benzene rings is 1. The number of hydrogen-bond acceptors (Lipinski definition) is 3. The van der Waals surface area contributed by atoms with Gasteiger partial charge in [0, 0.05) is 12.2 Å². The van der Waals surface area contributed by atoms with E-state index in [1.54, 1.807) is 0 Å². The lowest BCUT2D eigenvalue weighted by Gasteiger charge is -2.10. The topological polar surface area (TPSA) is 34.1 Å². The lowest BCUT2D eigenvalue weighted by molar-refractivity contribution is 0.340. The SMILES string of the molecule is CCOc1cccc(CNc2ccc(C)nc2C)c1. The second-order valence-corrected chi connectivity index (χ2v) is 4.52. The molecular formula is C16H20N2O. The fraction of sp³-hybridized carbons (Fsp3) is 0.312. The van der Waals surface area contributed by atoms with Gasteiger partial charge in [-0.25, -0.2) is 0 Å². The van der Waals surface area contributed by atoms with Crippen LogP contribution in [0.4, 0.5) is 5.69 Å². The summed E-state index contributed by atoms with van der Waals surface area (Å²) in [6, 6.07) is 12.2. The van der Waals surface area contributed by atoms with Gasteiger partial charge >= 0.3 is 0 Å². The quantitative estimate of drug-likeness (QED) is 0.885. The van der Waals surface area contributed by atoms with Crippen LogP contribution in [0.3, 0.4) is 0 Å². The molecule has 3 nitrogen and oxygen atoms in total. The minimum atomic E-state index is 0.692. The summed E-state index contributed by atoms with van der Waals surface area (Å²) in [5, 5.41) is 3.41. The van der Waals surface area contributed by atoms with Crippen LogP contribution < -0.4 is 10.1 Å². The van der Waals surface area contributed by atoms with Crippen molar-refractivity contribution in [2.75, 3.05) is 11.9 Å². The maximum atomic E-state index is 5.50. The van der Waals surface area contributed by atoms with Crippen LogP contribution in [-0.4, -0.2) is 11.6 Å². The number of nitrogens with zero attached hydrogens (tertiary/aromatic N) is 1. The molecule has 0 unspecified atom stereocenters. The molecule has 1 N–H and O–H groups in total. The third-order valence-corrected chi connectivity index (χ3v) is 2.92. The third kappa shape index (κ3) is 3.71. The highest BCUT2D eigenvalue weighted by Gasteiger charge is 2.01. The smallest absolute Gasteiger partial charge is 0.119 e. The van der Waals surface area contributed by atoms with Gasteiger partial charge in [0.15, 0.2) is 0 Å². The molecule has 1 aromatic carbocycles. The molecular weight excluding hydrogens is 236 g/mol. The van der Waals surface area contributed by atoms with Crippen LogP contribution in [0.25, 0.3) is 0 Å². The van der Waals surface area contributed by atoms with Gasteiger partial charge in [-0.3, -0.25) is 4.98 Å². The van der Waals surface area contributed by atoms with E-state index < -0.39 is 0 Å². The van der Waals surface area contributed by atoms with E-state index in [0.717, 1.165) is 29.4 Å². The van der Waals surface area contributed by atoms with Gasteiger partial charge in [0.05, 0.1) is 18.0 Å². The molecule has 2 rings (SSSR count). The Bertz CT molecular complexity index is 552. The van der Waals surface area contributed by atoms with E-state index in [0.29, 0.717) is 6.61 Å². The highest BCUT2D eigenvalue weighted by molar-refractivity contribution is 5.48. The van der Waals surface area contributed by atoms with Crippen molar-refractivity contribution in [3.05, 3.63) is 53.3 Å². The Kier molecular flexibility index (Phi) is 4.39. The van der Waals surface area contributed by atoms with Crippen LogP contribution in [0, 0.1) is 13.8 Å². The van der Waals surface area contributed by atoms with E-state index in [2.05, 4.69) is 28.5 Å². The van der Waals surface area contributed by atoms with E-state index in [-0.39, 0.29) is 0 Å². The average Bonchev–Trinajstić information content (AvgIpc) is 2.38. The molecule has 1 aromatic heterocycles. The zero-order chi connectivity index (χ0) is 13.7. The van der Waals surface area contributed by atoms with E-state index in [9.17, 15) is 0 Å². The molecule has 0 bridgehead atoms.